The summed E-state index contributed by atoms with van der Waals surface area (Å²) in [5.74, 6) is -1.17. The molecule has 0 aromatic heterocycles. The fourth-order valence-corrected chi connectivity index (χ4v) is 2.38. The van der Waals surface area contributed by atoms with Crippen LogP contribution in [0, 0.1) is 6.92 Å². The summed E-state index contributed by atoms with van der Waals surface area (Å²) in [5.41, 5.74) is 2.35. The van der Waals surface area contributed by atoms with Gasteiger partial charge in [0.15, 0.2) is 0 Å². The molecule has 0 spiro atoms. The number of carbonyl (C=O) groups is 2. The number of carbonyl (C=O) groups excluding carboxylic acids is 2. The third-order valence-corrected chi connectivity index (χ3v) is 3.53. The third-order valence-electron chi connectivity index (χ3n) is 3.53. The molecule has 1 heterocycles. The number of nitrogens with one attached hydrogen (secondary N) is 1. The second-order valence-corrected chi connectivity index (χ2v) is 5.10. The Kier molecular flexibility index (Phi) is 5.16. The van der Waals surface area contributed by atoms with Gasteiger partial charge < -0.3 is 20.2 Å². The lowest BCUT2D eigenvalue weighted by Crippen LogP contribution is -2.52. The van der Waals surface area contributed by atoms with E-state index in [1.54, 1.807) is 4.90 Å². The van der Waals surface area contributed by atoms with Crippen molar-refractivity contribution in [2.45, 2.75) is 6.92 Å². The molecule has 0 unspecified atom stereocenters. The van der Waals surface area contributed by atoms with Crippen LogP contribution in [-0.2, 0) is 9.59 Å². The van der Waals surface area contributed by atoms with Crippen LogP contribution in [-0.4, -0.2) is 61.2 Å². The number of anilines is 1. The molecule has 1 aliphatic rings. The van der Waals surface area contributed by atoms with Crippen molar-refractivity contribution in [2.24, 2.45) is 0 Å². The average Bonchev–Trinajstić information content (AvgIpc) is 2.52. The number of hydrogen-bond donors (Lipinski definition) is 2. The Balaban J connectivity index is 1.88. The van der Waals surface area contributed by atoms with Crippen molar-refractivity contribution in [1.82, 2.24) is 10.2 Å². The quantitative estimate of drug-likeness (QED) is 0.754. The number of aliphatic hydroxyl groups excluding tert-OH is 1. The van der Waals surface area contributed by atoms with Gasteiger partial charge in [-0.2, -0.15) is 0 Å². The summed E-state index contributed by atoms with van der Waals surface area (Å²) in [7, 11) is 0. The number of piperazine rings is 1. The van der Waals surface area contributed by atoms with Gasteiger partial charge in [-0.3, -0.25) is 9.59 Å². The molecule has 21 heavy (non-hydrogen) atoms. The van der Waals surface area contributed by atoms with Crippen LogP contribution >= 0.6 is 0 Å². The molecule has 1 aromatic rings. The number of nitrogens with zero attached hydrogens (tertiary/aromatic N) is 2. The SMILES string of the molecule is Cc1cccc(N2CCN(C(=O)C(=O)NCCO)CC2)c1. The highest BCUT2D eigenvalue weighted by Gasteiger charge is 2.25. The number of aryl methyl sites for hydroxylation is 1. The number of benzene rings is 1. The molecule has 0 saturated carbocycles. The van der Waals surface area contributed by atoms with Crippen molar-refractivity contribution < 1.29 is 14.7 Å². The van der Waals surface area contributed by atoms with Gasteiger partial charge in [-0.25, -0.2) is 0 Å². The molecule has 1 saturated heterocycles. The number of amides is 2. The maximum atomic E-state index is 11.9. The molecule has 6 nitrogen and oxygen atoms in total. The van der Waals surface area contributed by atoms with Crippen molar-refractivity contribution in [1.29, 1.82) is 0 Å². The second-order valence-electron chi connectivity index (χ2n) is 5.10. The van der Waals surface area contributed by atoms with E-state index in [1.165, 1.54) is 5.56 Å². The molecule has 2 N–H and O–H groups in total. The molecule has 114 valence electrons. The summed E-state index contributed by atoms with van der Waals surface area (Å²) >= 11 is 0. The van der Waals surface area contributed by atoms with Gasteiger partial charge in [-0.15, -0.1) is 0 Å². The van der Waals surface area contributed by atoms with E-state index in [0.29, 0.717) is 26.2 Å². The van der Waals surface area contributed by atoms with Gasteiger partial charge >= 0.3 is 11.8 Å². The van der Waals surface area contributed by atoms with Crippen LogP contribution in [0.5, 0.6) is 0 Å². The van der Waals surface area contributed by atoms with Gasteiger partial charge in [0, 0.05) is 38.4 Å². The molecule has 1 aliphatic heterocycles. The van der Waals surface area contributed by atoms with Crippen molar-refractivity contribution in [3.8, 4) is 0 Å². The molecule has 1 aromatic carbocycles. The Morgan fingerprint density at radius 2 is 1.95 bits per heavy atom. The van der Waals surface area contributed by atoms with Crippen molar-refractivity contribution in [3.05, 3.63) is 29.8 Å². The van der Waals surface area contributed by atoms with E-state index in [0.717, 1.165) is 5.69 Å². The molecular formula is C15H21N3O3. The Bertz CT molecular complexity index is 511. The van der Waals surface area contributed by atoms with Crippen molar-refractivity contribution in [2.75, 3.05) is 44.2 Å². The number of aliphatic hydroxyl groups is 1. The molecule has 2 amide bonds. The van der Waals surface area contributed by atoms with Gasteiger partial charge in [-0.05, 0) is 24.6 Å². The zero-order valence-electron chi connectivity index (χ0n) is 12.2. The third kappa shape index (κ3) is 3.95. The first-order valence-corrected chi connectivity index (χ1v) is 7.11. The van der Waals surface area contributed by atoms with E-state index in [-0.39, 0.29) is 13.2 Å². The van der Waals surface area contributed by atoms with Crippen LogP contribution in [0.1, 0.15) is 5.56 Å². The first kappa shape index (κ1) is 15.3. The minimum absolute atomic E-state index is 0.105. The van der Waals surface area contributed by atoms with Gasteiger partial charge in [0.1, 0.15) is 0 Å². The van der Waals surface area contributed by atoms with Gasteiger partial charge in [0.2, 0.25) is 0 Å². The van der Waals surface area contributed by atoms with E-state index >= 15 is 0 Å². The molecule has 0 aliphatic carbocycles. The standard InChI is InChI=1S/C15H21N3O3/c1-12-3-2-4-13(11-12)17-6-8-18(9-7-17)15(21)14(20)16-5-10-19/h2-4,11,19H,5-10H2,1H3,(H,16,20). The molecular weight excluding hydrogens is 270 g/mol. The van der Waals surface area contributed by atoms with Crippen molar-refractivity contribution in [3.63, 3.8) is 0 Å². The van der Waals surface area contributed by atoms with Crippen LogP contribution in [0.2, 0.25) is 0 Å². The Labute approximate surface area is 124 Å². The van der Waals surface area contributed by atoms with E-state index in [4.69, 9.17) is 5.11 Å². The number of hydrogen-bond acceptors (Lipinski definition) is 4. The highest BCUT2D eigenvalue weighted by Crippen LogP contribution is 2.17. The van der Waals surface area contributed by atoms with Crippen LogP contribution in [0.4, 0.5) is 5.69 Å². The normalized spacial score (nSPS) is 15.0. The molecule has 0 atom stereocenters. The summed E-state index contributed by atoms with van der Waals surface area (Å²) in [6.07, 6.45) is 0. The largest absolute Gasteiger partial charge is 0.395 e. The van der Waals surface area contributed by atoms with Gasteiger partial charge in [0.25, 0.3) is 0 Å². The lowest BCUT2D eigenvalue weighted by molar-refractivity contribution is -0.146. The van der Waals surface area contributed by atoms with Gasteiger partial charge in [-0.1, -0.05) is 12.1 Å². The fraction of sp³-hybridized carbons (Fsp3) is 0.467. The summed E-state index contributed by atoms with van der Waals surface area (Å²) in [5, 5.41) is 11.0. The van der Waals surface area contributed by atoms with E-state index < -0.39 is 11.8 Å². The predicted molar refractivity (Wildman–Crippen MR) is 80.1 cm³/mol. The zero-order chi connectivity index (χ0) is 15.2. The maximum Gasteiger partial charge on any atom is 0.312 e. The molecule has 0 radical (unpaired) electrons. The molecule has 1 fully saturated rings. The maximum absolute atomic E-state index is 11.9. The highest BCUT2D eigenvalue weighted by molar-refractivity contribution is 6.35. The zero-order valence-corrected chi connectivity index (χ0v) is 12.2. The first-order chi connectivity index (χ1) is 10.1. The van der Waals surface area contributed by atoms with Crippen LogP contribution in [0.25, 0.3) is 0 Å². The number of rotatable bonds is 3. The molecule has 0 bridgehead atoms. The average molecular weight is 291 g/mol. The minimum atomic E-state index is -0.645. The Hall–Kier alpha value is -2.08. The molecule has 2 rings (SSSR count). The lowest BCUT2D eigenvalue weighted by atomic mass is 10.2. The van der Waals surface area contributed by atoms with Crippen LogP contribution < -0.4 is 10.2 Å². The predicted octanol–water partition coefficient (Wildman–Crippen LogP) is -0.248. The summed E-state index contributed by atoms with van der Waals surface area (Å²) in [6.45, 7) is 4.46. The van der Waals surface area contributed by atoms with E-state index in [1.807, 2.05) is 6.07 Å². The fourth-order valence-electron chi connectivity index (χ4n) is 2.38. The Morgan fingerprint density at radius 1 is 1.24 bits per heavy atom. The van der Waals surface area contributed by atoms with Crippen LogP contribution in [0.15, 0.2) is 24.3 Å². The smallest absolute Gasteiger partial charge is 0.312 e. The first-order valence-electron chi connectivity index (χ1n) is 7.11. The van der Waals surface area contributed by atoms with E-state index in [9.17, 15) is 9.59 Å². The lowest BCUT2D eigenvalue weighted by Gasteiger charge is -2.35. The summed E-state index contributed by atoms with van der Waals surface area (Å²) in [4.78, 5) is 27.3. The second kappa shape index (κ2) is 7.08. The van der Waals surface area contributed by atoms with Crippen LogP contribution in [0.3, 0.4) is 0 Å². The topological polar surface area (TPSA) is 72.9 Å². The minimum Gasteiger partial charge on any atom is -0.395 e. The Morgan fingerprint density at radius 3 is 2.57 bits per heavy atom. The van der Waals surface area contributed by atoms with E-state index in [2.05, 4.69) is 35.3 Å². The summed E-state index contributed by atoms with van der Waals surface area (Å²) in [6, 6.07) is 8.24. The monoisotopic (exact) mass is 291 g/mol. The highest BCUT2D eigenvalue weighted by atomic mass is 16.3. The molecule has 6 heteroatoms. The summed E-state index contributed by atoms with van der Waals surface area (Å²) < 4.78 is 0. The van der Waals surface area contributed by atoms with Crippen molar-refractivity contribution >= 4 is 17.5 Å². The van der Waals surface area contributed by atoms with Gasteiger partial charge in [0.05, 0.1) is 6.61 Å².